The van der Waals surface area contributed by atoms with Crippen LogP contribution in [0.25, 0.3) is 0 Å². The minimum absolute atomic E-state index is 0.128. The van der Waals surface area contributed by atoms with Crippen LogP contribution in [0.5, 0.6) is 0 Å². The quantitative estimate of drug-likeness (QED) is 0.676. The number of nitro benzene ring substituents is 1. The number of aryl methyl sites for hydroxylation is 1. The number of nitrogens with one attached hydrogen (secondary N) is 1. The van der Waals surface area contributed by atoms with Crippen molar-refractivity contribution in [1.29, 1.82) is 0 Å². The molecule has 1 N–H and O–H groups in total. The highest BCUT2D eigenvalue weighted by Gasteiger charge is 2.18. The minimum Gasteiger partial charge on any atom is -0.316 e. The van der Waals surface area contributed by atoms with Crippen LogP contribution in [0.15, 0.2) is 42.7 Å². The van der Waals surface area contributed by atoms with Crippen LogP contribution < -0.4 is 5.32 Å². The number of carbonyl (C=O) groups is 1. The molecule has 0 unspecified atom stereocenters. The van der Waals surface area contributed by atoms with Crippen molar-refractivity contribution in [2.75, 3.05) is 5.32 Å². The lowest BCUT2D eigenvalue weighted by Gasteiger charge is -2.08. The van der Waals surface area contributed by atoms with Gasteiger partial charge in [-0.3, -0.25) is 19.9 Å². The van der Waals surface area contributed by atoms with Gasteiger partial charge in [0.15, 0.2) is 0 Å². The highest BCUT2D eigenvalue weighted by molar-refractivity contribution is 6.05. The maximum atomic E-state index is 12.0. The Morgan fingerprint density at radius 1 is 1.32 bits per heavy atom. The second kappa shape index (κ2) is 5.26. The van der Waals surface area contributed by atoms with E-state index in [1.807, 2.05) is 0 Å². The molecular weight excluding hydrogens is 246 g/mol. The Hall–Kier alpha value is -2.76. The predicted molar refractivity (Wildman–Crippen MR) is 70.0 cm³/mol. The predicted octanol–water partition coefficient (Wildman–Crippen LogP) is 2.55. The molecule has 0 aliphatic heterocycles. The molecule has 1 aromatic carbocycles. The average Bonchev–Trinajstić information content (AvgIpc) is 2.41. The highest BCUT2D eigenvalue weighted by atomic mass is 16.6. The number of hydrogen-bond donors (Lipinski definition) is 1. The van der Waals surface area contributed by atoms with Gasteiger partial charge in [0.1, 0.15) is 5.69 Å². The lowest BCUT2D eigenvalue weighted by Crippen LogP contribution is -2.14. The van der Waals surface area contributed by atoms with Gasteiger partial charge in [0.25, 0.3) is 11.6 Å². The molecule has 0 aliphatic rings. The zero-order valence-corrected chi connectivity index (χ0v) is 10.2. The van der Waals surface area contributed by atoms with Gasteiger partial charge in [-0.25, -0.2) is 0 Å². The van der Waals surface area contributed by atoms with Gasteiger partial charge in [-0.2, -0.15) is 0 Å². The molecule has 0 radical (unpaired) electrons. The Bertz CT molecular complexity index is 626. The molecule has 19 heavy (non-hydrogen) atoms. The monoisotopic (exact) mass is 257 g/mol. The number of amides is 1. The van der Waals surface area contributed by atoms with E-state index in [0.29, 0.717) is 11.1 Å². The smallest absolute Gasteiger partial charge is 0.293 e. The first-order valence-corrected chi connectivity index (χ1v) is 5.55. The van der Waals surface area contributed by atoms with Gasteiger partial charge in [-0.1, -0.05) is 12.1 Å². The summed E-state index contributed by atoms with van der Waals surface area (Å²) in [5.41, 5.74) is 1.06. The summed E-state index contributed by atoms with van der Waals surface area (Å²) in [7, 11) is 0. The molecule has 1 heterocycles. The average molecular weight is 257 g/mol. The van der Waals surface area contributed by atoms with Crippen molar-refractivity contribution in [2.24, 2.45) is 0 Å². The van der Waals surface area contributed by atoms with E-state index in [1.165, 1.54) is 12.3 Å². The summed E-state index contributed by atoms with van der Waals surface area (Å²) in [5, 5.41) is 13.5. The molecule has 0 aliphatic carbocycles. The molecule has 0 spiro atoms. The summed E-state index contributed by atoms with van der Waals surface area (Å²) in [6.07, 6.45) is 2.95. The summed E-state index contributed by atoms with van der Waals surface area (Å²) in [6.45, 7) is 1.70. The van der Waals surface area contributed by atoms with E-state index in [1.54, 1.807) is 37.4 Å². The number of para-hydroxylation sites is 1. The van der Waals surface area contributed by atoms with E-state index in [2.05, 4.69) is 10.3 Å². The van der Waals surface area contributed by atoms with Crippen molar-refractivity contribution in [1.82, 2.24) is 4.98 Å². The fourth-order valence-electron chi connectivity index (χ4n) is 1.65. The summed E-state index contributed by atoms with van der Waals surface area (Å²) in [5.74, 6) is -0.425. The minimum atomic E-state index is -0.522. The zero-order valence-electron chi connectivity index (χ0n) is 10.2. The largest absolute Gasteiger partial charge is 0.316 e. The molecule has 1 amide bonds. The van der Waals surface area contributed by atoms with Crippen molar-refractivity contribution >= 4 is 17.3 Å². The third-order valence-electron chi connectivity index (χ3n) is 2.61. The SMILES string of the molecule is Cc1cccc([N+](=O)[O-])c1NC(=O)c1cccnc1. The Morgan fingerprint density at radius 2 is 2.11 bits per heavy atom. The number of benzene rings is 1. The number of hydrogen-bond acceptors (Lipinski definition) is 4. The van der Waals surface area contributed by atoms with Crippen molar-refractivity contribution in [3.05, 3.63) is 64.0 Å². The first-order chi connectivity index (χ1) is 9.09. The van der Waals surface area contributed by atoms with E-state index in [9.17, 15) is 14.9 Å². The van der Waals surface area contributed by atoms with Crippen LogP contribution in [0.1, 0.15) is 15.9 Å². The fraction of sp³-hybridized carbons (Fsp3) is 0.0769. The van der Waals surface area contributed by atoms with Crippen molar-refractivity contribution in [2.45, 2.75) is 6.92 Å². The van der Waals surface area contributed by atoms with Crippen molar-refractivity contribution in [3.63, 3.8) is 0 Å². The van der Waals surface area contributed by atoms with Gasteiger partial charge in [-0.15, -0.1) is 0 Å². The van der Waals surface area contributed by atoms with E-state index in [-0.39, 0.29) is 11.4 Å². The summed E-state index contributed by atoms with van der Waals surface area (Å²) >= 11 is 0. The molecule has 96 valence electrons. The Balaban J connectivity index is 2.34. The zero-order chi connectivity index (χ0) is 13.8. The molecule has 1 aromatic heterocycles. The molecule has 0 fully saturated rings. The number of nitrogens with zero attached hydrogens (tertiary/aromatic N) is 2. The molecular formula is C13H11N3O3. The topological polar surface area (TPSA) is 85.1 Å². The standard InChI is InChI=1S/C13H11N3O3/c1-9-4-2-6-11(16(18)19)12(9)15-13(17)10-5-3-7-14-8-10/h2-8H,1H3,(H,15,17). The summed E-state index contributed by atoms with van der Waals surface area (Å²) in [6, 6.07) is 7.85. The lowest BCUT2D eigenvalue weighted by atomic mass is 10.1. The highest BCUT2D eigenvalue weighted by Crippen LogP contribution is 2.27. The van der Waals surface area contributed by atoms with Gasteiger partial charge >= 0.3 is 0 Å². The van der Waals surface area contributed by atoms with Crippen LogP contribution in [0.3, 0.4) is 0 Å². The summed E-state index contributed by atoms with van der Waals surface area (Å²) in [4.78, 5) is 26.2. The third kappa shape index (κ3) is 2.74. The van der Waals surface area contributed by atoms with Crippen LogP contribution in [0.4, 0.5) is 11.4 Å². The van der Waals surface area contributed by atoms with E-state index in [0.717, 1.165) is 0 Å². The van der Waals surface area contributed by atoms with E-state index < -0.39 is 10.8 Å². The molecule has 0 saturated carbocycles. The first-order valence-electron chi connectivity index (χ1n) is 5.55. The molecule has 6 heteroatoms. The maximum absolute atomic E-state index is 12.0. The maximum Gasteiger partial charge on any atom is 0.293 e. The number of carbonyl (C=O) groups excluding carboxylic acids is 1. The third-order valence-corrected chi connectivity index (χ3v) is 2.61. The summed E-state index contributed by atoms with van der Waals surface area (Å²) < 4.78 is 0. The van der Waals surface area contributed by atoms with Gasteiger partial charge in [-0.05, 0) is 24.6 Å². The van der Waals surface area contributed by atoms with Gasteiger partial charge < -0.3 is 5.32 Å². The molecule has 6 nitrogen and oxygen atoms in total. The van der Waals surface area contributed by atoms with E-state index in [4.69, 9.17) is 0 Å². The number of nitro groups is 1. The number of aromatic nitrogens is 1. The van der Waals surface area contributed by atoms with Crippen LogP contribution in [0.2, 0.25) is 0 Å². The second-order valence-electron chi connectivity index (χ2n) is 3.92. The van der Waals surface area contributed by atoms with Crippen LogP contribution in [-0.4, -0.2) is 15.8 Å². The van der Waals surface area contributed by atoms with Crippen molar-refractivity contribution < 1.29 is 9.72 Å². The molecule has 0 saturated heterocycles. The number of pyridine rings is 1. The van der Waals surface area contributed by atoms with Crippen LogP contribution in [0, 0.1) is 17.0 Å². The lowest BCUT2D eigenvalue weighted by molar-refractivity contribution is -0.383. The van der Waals surface area contributed by atoms with Gasteiger partial charge in [0.05, 0.1) is 10.5 Å². The molecule has 0 atom stereocenters. The molecule has 2 aromatic rings. The van der Waals surface area contributed by atoms with Crippen molar-refractivity contribution in [3.8, 4) is 0 Å². The second-order valence-corrected chi connectivity index (χ2v) is 3.92. The molecule has 0 bridgehead atoms. The Kier molecular flexibility index (Phi) is 3.51. The van der Waals surface area contributed by atoms with Crippen LogP contribution in [-0.2, 0) is 0 Å². The Labute approximate surface area is 109 Å². The Morgan fingerprint density at radius 3 is 2.74 bits per heavy atom. The fourth-order valence-corrected chi connectivity index (χ4v) is 1.65. The van der Waals surface area contributed by atoms with Gasteiger partial charge in [0.2, 0.25) is 0 Å². The molecule has 2 rings (SSSR count). The number of anilines is 1. The normalized spacial score (nSPS) is 9.95. The van der Waals surface area contributed by atoms with Crippen LogP contribution >= 0.6 is 0 Å². The van der Waals surface area contributed by atoms with Gasteiger partial charge in [0, 0.05) is 18.5 Å². The van der Waals surface area contributed by atoms with E-state index >= 15 is 0 Å². The number of rotatable bonds is 3. The first kappa shape index (κ1) is 12.7.